The highest BCUT2D eigenvalue weighted by Crippen LogP contribution is 2.42. The molecule has 1 aliphatic rings. The predicted octanol–water partition coefficient (Wildman–Crippen LogP) is 0.520. The Hall–Kier alpha value is -1.70. The van der Waals surface area contributed by atoms with E-state index >= 15 is 0 Å². The summed E-state index contributed by atoms with van der Waals surface area (Å²) < 4.78 is 1.36. The fourth-order valence-electron chi connectivity index (χ4n) is 2.04. The minimum Gasteiger partial charge on any atom is -0.395 e. The number of H-pyrrole nitrogens is 1. The maximum Gasteiger partial charge on any atom is 0.329 e. The van der Waals surface area contributed by atoms with Crippen molar-refractivity contribution in [2.75, 3.05) is 6.61 Å². The van der Waals surface area contributed by atoms with Crippen LogP contribution in [0.4, 0.5) is 0 Å². The number of thioether (sulfide) groups is 1. The summed E-state index contributed by atoms with van der Waals surface area (Å²) in [6.45, 7) is 1.55. The van der Waals surface area contributed by atoms with E-state index in [1.165, 1.54) is 22.5 Å². The number of hydrogen-bond donors (Lipinski definition) is 2. The van der Waals surface area contributed by atoms with Crippen LogP contribution in [-0.2, 0) is 0 Å². The molecule has 0 aromatic carbocycles. The molecule has 3 atom stereocenters. The molecule has 102 valence electrons. The number of aromatic amines is 1. The first-order chi connectivity index (χ1) is 9.06. The number of rotatable bonds is 3. The van der Waals surface area contributed by atoms with Gasteiger partial charge in [-0.2, -0.15) is 0 Å². The second-order valence-corrected chi connectivity index (χ2v) is 5.74. The highest BCUT2D eigenvalue weighted by molar-refractivity contribution is 8.00. The lowest BCUT2D eigenvalue weighted by Crippen LogP contribution is -2.34. The van der Waals surface area contributed by atoms with Crippen LogP contribution in [0.15, 0.2) is 20.9 Å². The van der Waals surface area contributed by atoms with Gasteiger partial charge in [0, 0.05) is 21.9 Å². The van der Waals surface area contributed by atoms with Crippen LogP contribution >= 0.6 is 11.8 Å². The Morgan fingerprint density at radius 1 is 1.68 bits per heavy atom. The van der Waals surface area contributed by atoms with Crippen LogP contribution in [0.5, 0.6) is 0 Å². The Balaban J connectivity index is 2.44. The Morgan fingerprint density at radius 3 is 3.05 bits per heavy atom. The van der Waals surface area contributed by atoms with Gasteiger partial charge in [0.25, 0.3) is 5.56 Å². The summed E-state index contributed by atoms with van der Waals surface area (Å²) in [6.07, 6.45) is 1.96. The Kier molecular flexibility index (Phi) is 3.98. The molecule has 0 aliphatic carbocycles. The van der Waals surface area contributed by atoms with Crippen molar-refractivity contribution < 1.29 is 5.11 Å². The van der Waals surface area contributed by atoms with Crippen LogP contribution in [0, 0.1) is 6.92 Å². The summed E-state index contributed by atoms with van der Waals surface area (Å²) in [5.74, 6) is 0. The SMILES string of the molecule is Cc1cn([C@@H]2S[C@H](CO)C[C@H]2N=[N+]=[N-])c(=O)[nH]c1=O. The lowest BCUT2D eigenvalue weighted by atomic mass is 10.1. The zero-order chi connectivity index (χ0) is 14.0. The molecule has 19 heavy (non-hydrogen) atoms. The summed E-state index contributed by atoms with van der Waals surface area (Å²) in [6, 6.07) is -0.421. The average Bonchev–Trinajstić information content (AvgIpc) is 2.77. The van der Waals surface area contributed by atoms with Gasteiger partial charge in [-0.1, -0.05) is 5.11 Å². The Bertz CT molecular complexity index is 633. The van der Waals surface area contributed by atoms with E-state index in [1.807, 2.05) is 0 Å². The van der Waals surface area contributed by atoms with Crippen molar-refractivity contribution in [3.05, 3.63) is 43.0 Å². The largest absolute Gasteiger partial charge is 0.395 e. The second-order valence-electron chi connectivity index (χ2n) is 4.32. The monoisotopic (exact) mass is 283 g/mol. The number of hydrogen-bond acceptors (Lipinski definition) is 5. The number of azide groups is 1. The number of aliphatic hydroxyl groups is 1. The summed E-state index contributed by atoms with van der Waals surface area (Å²) in [4.78, 5) is 28.2. The van der Waals surface area contributed by atoms with Crippen molar-refractivity contribution >= 4 is 11.8 Å². The minimum absolute atomic E-state index is 0.0459. The summed E-state index contributed by atoms with van der Waals surface area (Å²) in [5, 5.41) is 12.4. The van der Waals surface area contributed by atoms with Gasteiger partial charge in [0.2, 0.25) is 0 Å². The van der Waals surface area contributed by atoms with Crippen molar-refractivity contribution in [2.24, 2.45) is 5.11 Å². The van der Waals surface area contributed by atoms with Gasteiger partial charge < -0.3 is 5.11 Å². The van der Waals surface area contributed by atoms with E-state index in [-0.39, 0.29) is 11.9 Å². The fourth-order valence-corrected chi connectivity index (χ4v) is 3.47. The van der Waals surface area contributed by atoms with E-state index in [9.17, 15) is 14.7 Å². The second kappa shape index (κ2) is 5.52. The van der Waals surface area contributed by atoms with Gasteiger partial charge in [0.1, 0.15) is 0 Å². The molecule has 0 bridgehead atoms. The molecule has 1 fully saturated rings. The molecule has 2 N–H and O–H groups in total. The normalized spacial score (nSPS) is 26.1. The third kappa shape index (κ3) is 2.67. The summed E-state index contributed by atoms with van der Waals surface area (Å²) in [7, 11) is 0. The van der Waals surface area contributed by atoms with Gasteiger partial charge in [-0.25, -0.2) is 4.79 Å². The first kappa shape index (κ1) is 13.7. The van der Waals surface area contributed by atoms with E-state index in [2.05, 4.69) is 15.0 Å². The standard InChI is InChI=1S/C10H13N5O3S/c1-5-3-15(10(18)12-8(5)17)9-7(13-14-11)2-6(4-16)19-9/h3,6-7,9,16H,2,4H2,1H3,(H,12,17,18)/t6-,7+,9+/m0/s1. The molecule has 0 unspecified atom stereocenters. The van der Waals surface area contributed by atoms with Gasteiger partial charge in [0.15, 0.2) is 0 Å². The van der Waals surface area contributed by atoms with E-state index < -0.39 is 22.7 Å². The topological polar surface area (TPSA) is 124 Å². The number of aromatic nitrogens is 2. The number of aliphatic hydroxyl groups excluding tert-OH is 1. The lowest BCUT2D eigenvalue weighted by Gasteiger charge is -2.17. The highest BCUT2D eigenvalue weighted by atomic mass is 32.2. The summed E-state index contributed by atoms with van der Waals surface area (Å²) in [5.41, 5.74) is 8.00. The molecule has 1 aromatic rings. The maximum absolute atomic E-state index is 11.8. The molecule has 2 heterocycles. The van der Waals surface area contributed by atoms with Gasteiger partial charge in [-0.3, -0.25) is 14.3 Å². The van der Waals surface area contributed by atoms with Crippen molar-refractivity contribution in [3.8, 4) is 0 Å². The Labute approximate surface area is 112 Å². The van der Waals surface area contributed by atoms with Crippen molar-refractivity contribution in [1.29, 1.82) is 0 Å². The van der Waals surface area contributed by atoms with Crippen LogP contribution in [0.2, 0.25) is 0 Å². The molecule has 0 saturated carbocycles. The first-order valence-electron chi connectivity index (χ1n) is 5.69. The van der Waals surface area contributed by atoms with Crippen LogP contribution in [0.3, 0.4) is 0 Å². The molecule has 1 aliphatic heterocycles. The zero-order valence-electron chi connectivity index (χ0n) is 10.2. The van der Waals surface area contributed by atoms with Crippen LogP contribution in [-0.4, -0.2) is 32.6 Å². The first-order valence-corrected chi connectivity index (χ1v) is 6.63. The molecular weight excluding hydrogens is 270 g/mol. The van der Waals surface area contributed by atoms with Gasteiger partial charge in [0.05, 0.1) is 18.0 Å². The lowest BCUT2D eigenvalue weighted by molar-refractivity contribution is 0.289. The van der Waals surface area contributed by atoms with Crippen LogP contribution in [0.25, 0.3) is 10.4 Å². The van der Waals surface area contributed by atoms with E-state index in [1.54, 1.807) is 6.92 Å². The van der Waals surface area contributed by atoms with Gasteiger partial charge in [-0.15, -0.1) is 11.8 Å². The average molecular weight is 283 g/mol. The molecule has 0 spiro atoms. The number of nitrogens with one attached hydrogen (secondary N) is 1. The Morgan fingerprint density at radius 2 is 2.42 bits per heavy atom. The van der Waals surface area contributed by atoms with Crippen molar-refractivity contribution in [3.63, 3.8) is 0 Å². The maximum atomic E-state index is 11.8. The van der Waals surface area contributed by atoms with Crippen molar-refractivity contribution in [1.82, 2.24) is 9.55 Å². The molecular formula is C10H13N5O3S. The molecule has 8 nitrogen and oxygen atoms in total. The smallest absolute Gasteiger partial charge is 0.329 e. The van der Waals surface area contributed by atoms with Crippen molar-refractivity contribution in [2.45, 2.75) is 30.0 Å². The van der Waals surface area contributed by atoms with Crippen LogP contribution < -0.4 is 11.2 Å². The molecule has 0 amide bonds. The fraction of sp³-hybridized carbons (Fsp3) is 0.600. The van der Waals surface area contributed by atoms with E-state index in [4.69, 9.17) is 5.53 Å². The molecule has 2 rings (SSSR count). The summed E-state index contributed by atoms with van der Waals surface area (Å²) >= 11 is 1.37. The zero-order valence-corrected chi connectivity index (χ0v) is 11.0. The third-order valence-electron chi connectivity index (χ3n) is 2.99. The van der Waals surface area contributed by atoms with Gasteiger partial charge >= 0.3 is 5.69 Å². The molecule has 9 heteroatoms. The van der Waals surface area contributed by atoms with Gasteiger partial charge in [-0.05, 0) is 18.9 Å². The predicted molar refractivity (Wildman–Crippen MR) is 71.1 cm³/mol. The quantitative estimate of drug-likeness (QED) is 0.476. The molecule has 1 aromatic heterocycles. The van der Waals surface area contributed by atoms with E-state index in [0.717, 1.165) is 0 Å². The molecule has 1 saturated heterocycles. The minimum atomic E-state index is -0.537. The number of aryl methyl sites for hydroxylation is 1. The number of nitrogens with zero attached hydrogens (tertiary/aromatic N) is 4. The molecule has 0 radical (unpaired) electrons. The van der Waals surface area contributed by atoms with Crippen LogP contribution in [0.1, 0.15) is 17.4 Å². The van der Waals surface area contributed by atoms with E-state index in [0.29, 0.717) is 12.0 Å². The third-order valence-corrected chi connectivity index (χ3v) is 4.54. The highest BCUT2D eigenvalue weighted by Gasteiger charge is 2.36.